The van der Waals surface area contributed by atoms with Crippen LogP contribution in [0.2, 0.25) is 0 Å². The molecular weight excluding hydrogens is 232 g/mol. The second kappa shape index (κ2) is 4.87. The molecule has 0 amide bonds. The first kappa shape index (κ1) is 12.1. The van der Waals surface area contributed by atoms with E-state index in [-0.39, 0.29) is 16.7 Å². The minimum Gasteiger partial charge on any atom is -0.362 e. The number of hydrogen-bond donors (Lipinski definition) is 1. The topological polar surface area (TPSA) is 73.0 Å². The number of nitro benzene ring substituents is 1. The zero-order valence-corrected chi connectivity index (χ0v) is 10.2. The van der Waals surface area contributed by atoms with Gasteiger partial charge >= 0.3 is 0 Å². The molecule has 0 aliphatic rings. The van der Waals surface area contributed by atoms with Crippen molar-refractivity contribution < 1.29 is 4.92 Å². The largest absolute Gasteiger partial charge is 0.362 e. The molecule has 1 N–H and O–H groups in total. The maximum absolute atomic E-state index is 10.9. The molecule has 6 heteroatoms. The number of aromatic nitrogens is 2. The van der Waals surface area contributed by atoms with Gasteiger partial charge in [-0.05, 0) is 6.92 Å². The highest BCUT2D eigenvalue weighted by molar-refractivity contribution is 5.46. The van der Waals surface area contributed by atoms with E-state index >= 15 is 0 Å². The van der Waals surface area contributed by atoms with Gasteiger partial charge in [0.1, 0.15) is 5.82 Å². The van der Waals surface area contributed by atoms with Gasteiger partial charge in [0.2, 0.25) is 0 Å². The van der Waals surface area contributed by atoms with Crippen molar-refractivity contribution in [2.75, 3.05) is 5.32 Å². The lowest BCUT2D eigenvalue weighted by Crippen LogP contribution is -2.09. The van der Waals surface area contributed by atoms with Crippen molar-refractivity contribution in [3.8, 4) is 0 Å². The first-order valence-corrected chi connectivity index (χ1v) is 5.57. The summed E-state index contributed by atoms with van der Waals surface area (Å²) in [6.45, 7) is 1.87. The molecule has 2 rings (SSSR count). The fourth-order valence-electron chi connectivity index (χ4n) is 1.81. The Kier molecular flexibility index (Phi) is 3.27. The van der Waals surface area contributed by atoms with Crippen molar-refractivity contribution >= 4 is 11.5 Å². The van der Waals surface area contributed by atoms with Gasteiger partial charge in [0.15, 0.2) is 0 Å². The zero-order chi connectivity index (χ0) is 13.1. The molecule has 1 aromatic heterocycles. The number of aryl methyl sites for hydroxylation is 1. The van der Waals surface area contributed by atoms with Crippen LogP contribution in [0.25, 0.3) is 0 Å². The van der Waals surface area contributed by atoms with Gasteiger partial charge in [-0.2, -0.15) is 5.10 Å². The fraction of sp³-hybridized carbons (Fsp3) is 0.250. The van der Waals surface area contributed by atoms with Crippen molar-refractivity contribution in [1.82, 2.24) is 9.78 Å². The molecule has 1 heterocycles. The van der Waals surface area contributed by atoms with Crippen molar-refractivity contribution in [3.05, 3.63) is 52.2 Å². The van der Waals surface area contributed by atoms with Crippen LogP contribution in [-0.4, -0.2) is 14.7 Å². The summed E-state index contributed by atoms with van der Waals surface area (Å²) in [5.74, 6) is 0.697. The first-order valence-electron chi connectivity index (χ1n) is 5.57. The number of rotatable bonds is 4. The van der Waals surface area contributed by atoms with Gasteiger partial charge in [0.05, 0.1) is 16.5 Å². The maximum Gasteiger partial charge on any atom is 0.274 e. The molecule has 0 aliphatic heterocycles. The Morgan fingerprint density at radius 1 is 1.39 bits per heavy atom. The zero-order valence-electron chi connectivity index (χ0n) is 10.2. The quantitative estimate of drug-likeness (QED) is 0.664. The van der Waals surface area contributed by atoms with Crippen molar-refractivity contribution in [1.29, 1.82) is 0 Å². The SMILES string of the molecule is CC(Nc1ccn(C)n1)c1ccccc1[N+](=O)[O-]. The van der Waals surface area contributed by atoms with E-state index in [0.29, 0.717) is 11.4 Å². The van der Waals surface area contributed by atoms with Gasteiger partial charge in [0, 0.05) is 25.4 Å². The Morgan fingerprint density at radius 2 is 2.11 bits per heavy atom. The molecule has 0 saturated heterocycles. The predicted octanol–water partition coefficient (Wildman–Crippen LogP) is 2.50. The third-order valence-corrected chi connectivity index (χ3v) is 2.68. The second-order valence-corrected chi connectivity index (χ2v) is 4.06. The van der Waals surface area contributed by atoms with E-state index in [1.807, 2.05) is 26.2 Å². The molecule has 0 spiro atoms. The summed E-state index contributed by atoms with van der Waals surface area (Å²) in [4.78, 5) is 10.6. The Balaban J connectivity index is 2.23. The molecule has 0 fully saturated rings. The van der Waals surface area contributed by atoms with Crippen LogP contribution in [-0.2, 0) is 7.05 Å². The molecule has 0 saturated carbocycles. The van der Waals surface area contributed by atoms with E-state index in [1.165, 1.54) is 6.07 Å². The molecule has 94 valence electrons. The third kappa shape index (κ3) is 2.48. The van der Waals surface area contributed by atoms with Crippen LogP contribution < -0.4 is 5.32 Å². The summed E-state index contributed by atoms with van der Waals surface area (Å²) in [7, 11) is 1.82. The van der Waals surface area contributed by atoms with Crippen LogP contribution in [0.4, 0.5) is 11.5 Å². The molecule has 18 heavy (non-hydrogen) atoms. The van der Waals surface area contributed by atoms with Crippen LogP contribution in [0.3, 0.4) is 0 Å². The summed E-state index contributed by atoms with van der Waals surface area (Å²) >= 11 is 0. The summed E-state index contributed by atoms with van der Waals surface area (Å²) in [5.41, 5.74) is 0.765. The highest BCUT2D eigenvalue weighted by Gasteiger charge is 2.18. The summed E-state index contributed by atoms with van der Waals surface area (Å²) in [6, 6.07) is 8.35. The average molecular weight is 246 g/mol. The maximum atomic E-state index is 10.9. The monoisotopic (exact) mass is 246 g/mol. The molecule has 6 nitrogen and oxygen atoms in total. The van der Waals surface area contributed by atoms with E-state index in [4.69, 9.17) is 0 Å². The number of nitrogens with zero attached hydrogens (tertiary/aromatic N) is 3. The number of nitrogens with one attached hydrogen (secondary N) is 1. The Morgan fingerprint density at radius 3 is 2.72 bits per heavy atom. The van der Waals surface area contributed by atoms with Crippen LogP contribution in [0, 0.1) is 10.1 Å². The second-order valence-electron chi connectivity index (χ2n) is 4.06. The lowest BCUT2D eigenvalue weighted by atomic mass is 10.1. The standard InChI is InChI=1S/C12H14N4O2/c1-9(13-12-7-8-15(2)14-12)10-5-3-4-6-11(10)16(17)18/h3-9H,1-2H3,(H,13,14). The van der Waals surface area contributed by atoms with Gasteiger partial charge < -0.3 is 5.32 Å². The van der Waals surface area contributed by atoms with E-state index in [2.05, 4.69) is 10.4 Å². The fourth-order valence-corrected chi connectivity index (χ4v) is 1.81. The van der Waals surface area contributed by atoms with Gasteiger partial charge in [-0.1, -0.05) is 18.2 Å². The van der Waals surface area contributed by atoms with E-state index < -0.39 is 0 Å². The molecule has 1 aromatic carbocycles. The van der Waals surface area contributed by atoms with Crippen LogP contribution >= 0.6 is 0 Å². The molecule has 0 aliphatic carbocycles. The van der Waals surface area contributed by atoms with Gasteiger partial charge in [-0.15, -0.1) is 0 Å². The van der Waals surface area contributed by atoms with Crippen molar-refractivity contribution in [2.45, 2.75) is 13.0 Å². The smallest absolute Gasteiger partial charge is 0.274 e. The number of anilines is 1. The Bertz CT molecular complexity index is 565. The van der Waals surface area contributed by atoms with Gasteiger partial charge in [-0.25, -0.2) is 0 Å². The van der Waals surface area contributed by atoms with Crippen molar-refractivity contribution in [3.63, 3.8) is 0 Å². The summed E-state index contributed by atoms with van der Waals surface area (Å²) in [6.07, 6.45) is 1.81. The molecule has 1 unspecified atom stereocenters. The third-order valence-electron chi connectivity index (χ3n) is 2.68. The Labute approximate surface area is 104 Å². The number of para-hydroxylation sites is 1. The summed E-state index contributed by atoms with van der Waals surface area (Å²) in [5, 5.41) is 18.3. The molecule has 1 atom stereocenters. The normalized spacial score (nSPS) is 12.1. The minimum atomic E-state index is -0.369. The highest BCUT2D eigenvalue weighted by atomic mass is 16.6. The van der Waals surface area contributed by atoms with Gasteiger partial charge in [-0.3, -0.25) is 14.8 Å². The first-order chi connectivity index (χ1) is 8.58. The van der Waals surface area contributed by atoms with Crippen LogP contribution in [0.15, 0.2) is 36.5 Å². The molecule has 0 bridgehead atoms. The predicted molar refractivity (Wildman–Crippen MR) is 68.3 cm³/mol. The van der Waals surface area contributed by atoms with E-state index in [1.54, 1.807) is 22.9 Å². The highest BCUT2D eigenvalue weighted by Crippen LogP contribution is 2.26. The molecular formula is C12H14N4O2. The molecule has 2 aromatic rings. The number of nitro groups is 1. The van der Waals surface area contributed by atoms with E-state index in [0.717, 1.165) is 0 Å². The van der Waals surface area contributed by atoms with Crippen LogP contribution in [0.5, 0.6) is 0 Å². The minimum absolute atomic E-state index is 0.119. The Hall–Kier alpha value is -2.37. The van der Waals surface area contributed by atoms with E-state index in [9.17, 15) is 10.1 Å². The van der Waals surface area contributed by atoms with Crippen molar-refractivity contribution in [2.24, 2.45) is 7.05 Å². The van der Waals surface area contributed by atoms with Crippen LogP contribution in [0.1, 0.15) is 18.5 Å². The number of benzene rings is 1. The summed E-state index contributed by atoms with van der Waals surface area (Å²) < 4.78 is 1.68. The lowest BCUT2D eigenvalue weighted by Gasteiger charge is -2.13. The lowest BCUT2D eigenvalue weighted by molar-refractivity contribution is -0.385. The molecule has 0 radical (unpaired) electrons. The average Bonchev–Trinajstić information content (AvgIpc) is 2.74. The van der Waals surface area contributed by atoms with Gasteiger partial charge in [0.25, 0.3) is 5.69 Å². The number of hydrogen-bond acceptors (Lipinski definition) is 4.